The summed E-state index contributed by atoms with van der Waals surface area (Å²) in [6, 6.07) is 2.39. The highest BCUT2D eigenvalue weighted by molar-refractivity contribution is 5.36. The predicted octanol–water partition coefficient (Wildman–Crippen LogP) is 1.03. The molecule has 0 amide bonds. The van der Waals surface area contributed by atoms with E-state index in [4.69, 9.17) is 5.73 Å². The van der Waals surface area contributed by atoms with Crippen molar-refractivity contribution >= 4 is 0 Å². The highest BCUT2D eigenvalue weighted by Crippen LogP contribution is 2.27. The first-order chi connectivity index (χ1) is 6.53. The summed E-state index contributed by atoms with van der Waals surface area (Å²) in [5.74, 6) is -1.65. The van der Waals surface area contributed by atoms with Crippen LogP contribution in [0.1, 0.15) is 11.1 Å². The van der Waals surface area contributed by atoms with Gasteiger partial charge in [-0.15, -0.1) is 0 Å². The van der Waals surface area contributed by atoms with Crippen molar-refractivity contribution in [2.75, 3.05) is 13.1 Å². The number of nitrogens with two attached hydrogens (primary N) is 1. The zero-order valence-electron chi connectivity index (χ0n) is 7.90. The van der Waals surface area contributed by atoms with Gasteiger partial charge < -0.3 is 11.1 Å². The van der Waals surface area contributed by atoms with E-state index in [-0.39, 0.29) is 0 Å². The molecule has 76 valence electrons. The molecule has 0 unspecified atom stereocenters. The van der Waals surface area contributed by atoms with Gasteiger partial charge in [0.1, 0.15) is 0 Å². The molecule has 0 aliphatic carbocycles. The quantitative estimate of drug-likeness (QED) is 0.707. The van der Waals surface area contributed by atoms with Crippen molar-refractivity contribution in [3.63, 3.8) is 0 Å². The maximum atomic E-state index is 13.0. The van der Waals surface area contributed by atoms with Crippen LogP contribution in [0, 0.1) is 18.6 Å². The molecule has 1 saturated heterocycles. The van der Waals surface area contributed by atoms with Gasteiger partial charge in [0.2, 0.25) is 0 Å². The number of hydrogen-bond donors (Lipinski definition) is 2. The Hall–Kier alpha value is -1.00. The lowest BCUT2D eigenvalue weighted by atomic mass is 9.83. The van der Waals surface area contributed by atoms with Gasteiger partial charge in [-0.25, -0.2) is 8.78 Å². The molecule has 1 aromatic carbocycles. The third-order valence-electron chi connectivity index (χ3n) is 2.68. The van der Waals surface area contributed by atoms with Crippen LogP contribution in [0.4, 0.5) is 8.78 Å². The molecule has 0 atom stereocenters. The molecule has 1 fully saturated rings. The van der Waals surface area contributed by atoms with Gasteiger partial charge in [-0.1, -0.05) is 0 Å². The van der Waals surface area contributed by atoms with Gasteiger partial charge in [-0.2, -0.15) is 0 Å². The molecule has 0 bridgehead atoms. The first kappa shape index (κ1) is 9.55. The average Bonchev–Trinajstić information content (AvgIpc) is 2.07. The zero-order chi connectivity index (χ0) is 10.3. The first-order valence-electron chi connectivity index (χ1n) is 4.49. The number of aryl methyl sites for hydroxylation is 1. The van der Waals surface area contributed by atoms with Gasteiger partial charge in [0.15, 0.2) is 11.6 Å². The topological polar surface area (TPSA) is 38.0 Å². The minimum absolute atomic E-state index is 0.529. The molecular formula is C10H12F2N2. The lowest BCUT2D eigenvalue weighted by molar-refractivity contribution is 0.284. The molecule has 0 saturated carbocycles. The van der Waals surface area contributed by atoms with Crippen LogP contribution in [-0.2, 0) is 5.54 Å². The number of benzene rings is 1. The third-order valence-corrected chi connectivity index (χ3v) is 2.68. The van der Waals surface area contributed by atoms with Gasteiger partial charge in [-0.05, 0) is 30.2 Å². The van der Waals surface area contributed by atoms with Crippen molar-refractivity contribution in [3.8, 4) is 0 Å². The summed E-state index contributed by atoms with van der Waals surface area (Å²) in [6.07, 6.45) is 0. The molecule has 1 aliphatic rings. The van der Waals surface area contributed by atoms with E-state index in [1.54, 1.807) is 6.92 Å². The van der Waals surface area contributed by atoms with E-state index in [0.717, 1.165) is 0 Å². The Labute approximate surface area is 81.1 Å². The van der Waals surface area contributed by atoms with Crippen LogP contribution in [0.2, 0.25) is 0 Å². The van der Waals surface area contributed by atoms with Crippen molar-refractivity contribution in [1.29, 1.82) is 0 Å². The van der Waals surface area contributed by atoms with E-state index in [9.17, 15) is 8.78 Å². The summed E-state index contributed by atoms with van der Waals surface area (Å²) in [5.41, 5.74) is 6.85. The van der Waals surface area contributed by atoms with E-state index in [1.165, 1.54) is 12.1 Å². The van der Waals surface area contributed by atoms with Gasteiger partial charge in [0, 0.05) is 13.1 Å². The minimum atomic E-state index is -0.831. The van der Waals surface area contributed by atoms with Crippen LogP contribution >= 0.6 is 0 Å². The second-order valence-corrected chi connectivity index (χ2v) is 3.84. The van der Waals surface area contributed by atoms with E-state index < -0.39 is 17.2 Å². The van der Waals surface area contributed by atoms with Crippen molar-refractivity contribution in [2.45, 2.75) is 12.5 Å². The van der Waals surface area contributed by atoms with Gasteiger partial charge in [0.25, 0.3) is 0 Å². The number of nitrogens with one attached hydrogen (secondary N) is 1. The Morgan fingerprint density at radius 3 is 2.36 bits per heavy atom. The largest absolute Gasteiger partial charge is 0.319 e. The summed E-state index contributed by atoms with van der Waals surface area (Å²) < 4.78 is 25.8. The Morgan fingerprint density at radius 2 is 1.86 bits per heavy atom. The smallest absolute Gasteiger partial charge is 0.159 e. The van der Waals surface area contributed by atoms with Crippen molar-refractivity contribution in [1.82, 2.24) is 5.32 Å². The van der Waals surface area contributed by atoms with Gasteiger partial charge in [0.05, 0.1) is 5.54 Å². The van der Waals surface area contributed by atoms with Crippen LogP contribution in [0.3, 0.4) is 0 Å². The van der Waals surface area contributed by atoms with Crippen LogP contribution < -0.4 is 11.1 Å². The number of halogens is 2. The molecule has 1 aromatic rings. The van der Waals surface area contributed by atoms with E-state index in [2.05, 4.69) is 5.32 Å². The fourth-order valence-electron chi connectivity index (χ4n) is 1.77. The van der Waals surface area contributed by atoms with Crippen molar-refractivity contribution in [3.05, 3.63) is 34.9 Å². The fourth-order valence-corrected chi connectivity index (χ4v) is 1.77. The molecule has 0 aromatic heterocycles. The zero-order valence-corrected chi connectivity index (χ0v) is 7.90. The van der Waals surface area contributed by atoms with E-state index in [0.29, 0.717) is 24.2 Å². The minimum Gasteiger partial charge on any atom is -0.319 e. The molecule has 1 heterocycles. The Morgan fingerprint density at radius 1 is 1.29 bits per heavy atom. The van der Waals surface area contributed by atoms with Crippen molar-refractivity contribution in [2.24, 2.45) is 5.73 Å². The Bertz CT molecular complexity index is 373. The second-order valence-electron chi connectivity index (χ2n) is 3.84. The first-order valence-corrected chi connectivity index (χ1v) is 4.49. The van der Waals surface area contributed by atoms with Gasteiger partial charge >= 0.3 is 0 Å². The Balaban J connectivity index is 2.48. The van der Waals surface area contributed by atoms with Crippen LogP contribution in [0.15, 0.2) is 12.1 Å². The van der Waals surface area contributed by atoms with Crippen molar-refractivity contribution < 1.29 is 8.78 Å². The monoisotopic (exact) mass is 198 g/mol. The molecule has 2 nitrogen and oxygen atoms in total. The number of rotatable bonds is 1. The summed E-state index contributed by atoms with van der Waals surface area (Å²) >= 11 is 0. The lowest BCUT2D eigenvalue weighted by Gasteiger charge is -2.40. The second kappa shape index (κ2) is 3.00. The molecule has 2 rings (SSSR count). The highest BCUT2D eigenvalue weighted by Gasteiger charge is 2.36. The van der Waals surface area contributed by atoms with Crippen LogP contribution in [0.5, 0.6) is 0 Å². The molecular weight excluding hydrogens is 186 g/mol. The SMILES string of the molecule is Cc1cc(F)c(F)cc1C1(N)CNC1. The molecule has 0 spiro atoms. The standard InChI is InChI=1S/C10H12F2N2/c1-6-2-8(11)9(12)3-7(6)10(13)4-14-5-10/h2-3,14H,4-5,13H2,1H3. The average molecular weight is 198 g/mol. The molecule has 3 N–H and O–H groups in total. The number of hydrogen-bond acceptors (Lipinski definition) is 2. The van der Waals surface area contributed by atoms with E-state index in [1.807, 2.05) is 0 Å². The molecule has 14 heavy (non-hydrogen) atoms. The predicted molar refractivity (Wildman–Crippen MR) is 49.8 cm³/mol. The fraction of sp³-hybridized carbons (Fsp3) is 0.400. The summed E-state index contributed by atoms with van der Waals surface area (Å²) in [4.78, 5) is 0. The summed E-state index contributed by atoms with van der Waals surface area (Å²) in [5, 5.41) is 3.02. The van der Waals surface area contributed by atoms with Crippen LogP contribution in [-0.4, -0.2) is 13.1 Å². The maximum Gasteiger partial charge on any atom is 0.159 e. The summed E-state index contributed by atoms with van der Waals surface area (Å²) in [6.45, 7) is 2.96. The molecule has 1 aliphatic heterocycles. The van der Waals surface area contributed by atoms with Crippen LogP contribution in [0.25, 0.3) is 0 Å². The molecule has 0 radical (unpaired) electrons. The lowest BCUT2D eigenvalue weighted by Crippen LogP contribution is -2.63. The third kappa shape index (κ3) is 1.31. The highest BCUT2D eigenvalue weighted by atomic mass is 19.2. The maximum absolute atomic E-state index is 13.0. The normalized spacial score (nSPS) is 19.1. The molecule has 4 heteroatoms. The van der Waals surface area contributed by atoms with Gasteiger partial charge in [-0.3, -0.25) is 0 Å². The summed E-state index contributed by atoms with van der Waals surface area (Å²) in [7, 11) is 0. The van der Waals surface area contributed by atoms with E-state index >= 15 is 0 Å². The Kier molecular flexibility index (Phi) is 2.05.